The molecule has 138 valence electrons. The fraction of sp³-hybridized carbons (Fsp3) is 0.182. The predicted molar refractivity (Wildman–Crippen MR) is 104 cm³/mol. The van der Waals surface area contributed by atoms with Crippen LogP contribution in [0.3, 0.4) is 0 Å². The number of hydrogen-bond acceptors (Lipinski definition) is 4. The van der Waals surface area contributed by atoms with Gasteiger partial charge in [0.1, 0.15) is 5.75 Å². The molecule has 0 bridgehead atoms. The molecule has 2 aromatic carbocycles. The molecule has 0 aliphatic rings. The summed E-state index contributed by atoms with van der Waals surface area (Å²) >= 11 is 0. The molecular weight excluding hydrogens is 340 g/mol. The number of aromatic nitrogens is 1. The number of nitrogens with zero attached hydrogens (tertiary/aromatic N) is 1. The van der Waals surface area contributed by atoms with Gasteiger partial charge < -0.3 is 14.8 Å². The van der Waals surface area contributed by atoms with Crippen molar-refractivity contribution in [3.63, 3.8) is 0 Å². The second-order valence-electron chi connectivity index (χ2n) is 6.04. The quantitative estimate of drug-likeness (QED) is 0.667. The van der Waals surface area contributed by atoms with E-state index in [0.717, 1.165) is 23.3 Å². The Morgan fingerprint density at radius 1 is 0.963 bits per heavy atom. The van der Waals surface area contributed by atoms with Crippen LogP contribution >= 0.6 is 0 Å². The zero-order valence-electron chi connectivity index (χ0n) is 15.2. The normalized spacial score (nSPS) is 10.3. The van der Waals surface area contributed by atoms with Gasteiger partial charge in [-0.1, -0.05) is 54.6 Å². The highest BCUT2D eigenvalue weighted by Crippen LogP contribution is 2.21. The van der Waals surface area contributed by atoms with Crippen LogP contribution in [0.2, 0.25) is 0 Å². The van der Waals surface area contributed by atoms with E-state index in [1.54, 1.807) is 19.4 Å². The number of amides is 1. The van der Waals surface area contributed by atoms with Crippen LogP contribution < -0.4 is 14.8 Å². The van der Waals surface area contributed by atoms with E-state index in [2.05, 4.69) is 22.4 Å². The van der Waals surface area contributed by atoms with Gasteiger partial charge in [-0.3, -0.25) is 4.79 Å². The molecule has 0 saturated heterocycles. The van der Waals surface area contributed by atoms with Crippen molar-refractivity contribution in [1.82, 2.24) is 10.3 Å². The average molecular weight is 362 g/mol. The SMILES string of the molecule is COc1ccc(CNC(=O)COc2ccccc2Cc2ccccc2)cn1. The number of methoxy groups -OCH3 is 1. The Kier molecular flexibility index (Phi) is 6.41. The summed E-state index contributed by atoms with van der Waals surface area (Å²) in [4.78, 5) is 16.2. The third kappa shape index (κ3) is 5.57. The van der Waals surface area contributed by atoms with Gasteiger partial charge in [-0.2, -0.15) is 0 Å². The van der Waals surface area contributed by atoms with Crippen molar-refractivity contribution in [2.24, 2.45) is 0 Å². The van der Waals surface area contributed by atoms with E-state index in [0.29, 0.717) is 12.4 Å². The first-order valence-electron chi connectivity index (χ1n) is 8.75. The number of ether oxygens (including phenoxy) is 2. The van der Waals surface area contributed by atoms with E-state index < -0.39 is 0 Å². The predicted octanol–water partition coefficient (Wildman–Crippen LogP) is 3.38. The molecule has 0 aliphatic carbocycles. The molecule has 5 nitrogen and oxygen atoms in total. The topological polar surface area (TPSA) is 60.5 Å². The Bertz CT molecular complexity index is 864. The van der Waals surface area contributed by atoms with E-state index >= 15 is 0 Å². The summed E-state index contributed by atoms with van der Waals surface area (Å²) in [6, 6.07) is 21.6. The molecule has 0 unspecified atom stereocenters. The maximum Gasteiger partial charge on any atom is 0.258 e. The largest absolute Gasteiger partial charge is 0.483 e. The summed E-state index contributed by atoms with van der Waals surface area (Å²) in [6.45, 7) is 0.361. The summed E-state index contributed by atoms with van der Waals surface area (Å²) in [6.07, 6.45) is 2.44. The zero-order valence-corrected chi connectivity index (χ0v) is 15.2. The third-order valence-corrected chi connectivity index (χ3v) is 4.07. The molecule has 0 fully saturated rings. The molecule has 0 aliphatic heterocycles. The van der Waals surface area contributed by atoms with E-state index in [1.165, 1.54) is 5.56 Å². The molecule has 1 heterocycles. The summed E-state index contributed by atoms with van der Waals surface area (Å²) in [5.41, 5.74) is 3.15. The average Bonchev–Trinajstić information content (AvgIpc) is 2.73. The highest BCUT2D eigenvalue weighted by Gasteiger charge is 2.08. The molecular formula is C22H22N2O3. The maximum absolute atomic E-state index is 12.1. The third-order valence-electron chi connectivity index (χ3n) is 4.07. The van der Waals surface area contributed by atoms with Crippen LogP contribution in [0.4, 0.5) is 0 Å². The minimum atomic E-state index is -0.180. The number of carbonyl (C=O) groups excluding carboxylic acids is 1. The van der Waals surface area contributed by atoms with E-state index in [9.17, 15) is 4.79 Å². The van der Waals surface area contributed by atoms with Crippen LogP contribution in [-0.2, 0) is 17.8 Å². The molecule has 1 amide bonds. The Morgan fingerprint density at radius 3 is 2.48 bits per heavy atom. The first-order valence-corrected chi connectivity index (χ1v) is 8.75. The highest BCUT2D eigenvalue weighted by molar-refractivity contribution is 5.77. The summed E-state index contributed by atoms with van der Waals surface area (Å²) < 4.78 is 10.8. The van der Waals surface area contributed by atoms with Crippen molar-refractivity contribution in [2.75, 3.05) is 13.7 Å². The van der Waals surface area contributed by atoms with Crippen LogP contribution in [0.15, 0.2) is 72.9 Å². The lowest BCUT2D eigenvalue weighted by Crippen LogP contribution is -2.28. The standard InChI is InChI=1S/C22H22N2O3/c1-26-22-12-11-18(15-24-22)14-23-21(25)16-27-20-10-6-5-9-19(20)13-17-7-3-2-4-8-17/h2-12,15H,13-14,16H2,1H3,(H,23,25). The van der Waals surface area contributed by atoms with Gasteiger partial charge in [0.25, 0.3) is 5.91 Å². The Hall–Kier alpha value is -3.34. The second-order valence-corrected chi connectivity index (χ2v) is 6.04. The number of carbonyl (C=O) groups is 1. The molecule has 0 atom stereocenters. The number of para-hydroxylation sites is 1. The Labute approximate surface area is 159 Å². The van der Waals surface area contributed by atoms with Crippen molar-refractivity contribution in [3.05, 3.63) is 89.6 Å². The molecule has 0 saturated carbocycles. The van der Waals surface area contributed by atoms with Crippen molar-refractivity contribution >= 4 is 5.91 Å². The van der Waals surface area contributed by atoms with Crippen molar-refractivity contribution < 1.29 is 14.3 Å². The first-order chi connectivity index (χ1) is 13.2. The molecule has 3 rings (SSSR count). The van der Waals surface area contributed by atoms with E-state index in [-0.39, 0.29) is 12.5 Å². The molecule has 0 radical (unpaired) electrons. The van der Waals surface area contributed by atoms with Crippen LogP contribution in [0.1, 0.15) is 16.7 Å². The molecule has 1 N–H and O–H groups in total. The molecule has 5 heteroatoms. The second kappa shape index (κ2) is 9.38. The van der Waals surface area contributed by atoms with Crippen molar-refractivity contribution in [3.8, 4) is 11.6 Å². The molecule has 1 aromatic heterocycles. The lowest BCUT2D eigenvalue weighted by molar-refractivity contribution is -0.123. The number of pyridine rings is 1. The summed E-state index contributed by atoms with van der Waals surface area (Å²) in [5, 5.41) is 2.83. The van der Waals surface area contributed by atoms with Crippen LogP contribution in [0, 0.1) is 0 Å². The van der Waals surface area contributed by atoms with Gasteiger partial charge in [0.15, 0.2) is 6.61 Å². The van der Waals surface area contributed by atoms with Crippen LogP contribution in [0.25, 0.3) is 0 Å². The number of benzene rings is 2. The minimum Gasteiger partial charge on any atom is -0.483 e. The fourth-order valence-electron chi connectivity index (χ4n) is 2.64. The number of hydrogen-bond donors (Lipinski definition) is 1. The first kappa shape index (κ1) is 18.5. The minimum absolute atomic E-state index is 0.0324. The monoisotopic (exact) mass is 362 g/mol. The van der Waals surface area contributed by atoms with Crippen molar-refractivity contribution in [1.29, 1.82) is 0 Å². The molecule has 27 heavy (non-hydrogen) atoms. The molecule has 0 spiro atoms. The van der Waals surface area contributed by atoms with Gasteiger partial charge >= 0.3 is 0 Å². The summed E-state index contributed by atoms with van der Waals surface area (Å²) in [5.74, 6) is 1.09. The lowest BCUT2D eigenvalue weighted by atomic mass is 10.0. The lowest BCUT2D eigenvalue weighted by Gasteiger charge is -2.12. The maximum atomic E-state index is 12.1. The smallest absolute Gasteiger partial charge is 0.258 e. The van der Waals surface area contributed by atoms with E-state index in [4.69, 9.17) is 9.47 Å². The number of rotatable bonds is 8. The van der Waals surface area contributed by atoms with Gasteiger partial charge in [0.2, 0.25) is 5.88 Å². The Morgan fingerprint density at radius 2 is 1.74 bits per heavy atom. The van der Waals surface area contributed by atoms with Crippen LogP contribution in [0.5, 0.6) is 11.6 Å². The van der Waals surface area contributed by atoms with Gasteiger partial charge in [-0.05, 0) is 22.8 Å². The van der Waals surface area contributed by atoms with Crippen molar-refractivity contribution in [2.45, 2.75) is 13.0 Å². The van der Waals surface area contributed by atoms with Gasteiger partial charge in [-0.15, -0.1) is 0 Å². The summed E-state index contributed by atoms with van der Waals surface area (Å²) in [7, 11) is 1.57. The zero-order chi connectivity index (χ0) is 18.9. The van der Waals surface area contributed by atoms with Gasteiger partial charge in [-0.25, -0.2) is 4.98 Å². The van der Waals surface area contributed by atoms with E-state index in [1.807, 2.05) is 48.5 Å². The van der Waals surface area contributed by atoms with Gasteiger partial charge in [0, 0.05) is 25.2 Å². The van der Waals surface area contributed by atoms with Gasteiger partial charge in [0.05, 0.1) is 7.11 Å². The Balaban J connectivity index is 1.52. The number of nitrogens with one attached hydrogen (secondary N) is 1. The van der Waals surface area contributed by atoms with Crippen LogP contribution in [-0.4, -0.2) is 24.6 Å². The fourth-order valence-corrected chi connectivity index (χ4v) is 2.64. The molecule has 3 aromatic rings. The highest BCUT2D eigenvalue weighted by atomic mass is 16.5.